The number of hydrogen-bond acceptors (Lipinski definition) is 3. The summed E-state index contributed by atoms with van der Waals surface area (Å²) in [6, 6.07) is 0.0706. The molecule has 11 heavy (non-hydrogen) atoms. The average molecular weight is 167 g/mol. The van der Waals surface area contributed by atoms with Gasteiger partial charge in [0.2, 0.25) is 0 Å². The second kappa shape index (κ2) is 3.42. The van der Waals surface area contributed by atoms with Crippen molar-refractivity contribution < 1.29 is 0 Å². The first-order chi connectivity index (χ1) is 5.24. The van der Waals surface area contributed by atoms with Gasteiger partial charge < -0.3 is 0 Å². The summed E-state index contributed by atoms with van der Waals surface area (Å²) >= 11 is 4.49. The number of aromatic nitrogens is 2. The second-order valence-corrected chi connectivity index (χ2v) is 2.53. The predicted molar refractivity (Wildman–Crippen MR) is 46.6 cm³/mol. The number of nitrogens with zero attached hydrogens (tertiary/aromatic N) is 3. The van der Waals surface area contributed by atoms with Crippen molar-refractivity contribution in [1.82, 2.24) is 9.78 Å². The van der Waals surface area contributed by atoms with Gasteiger partial charge in [-0.05, 0) is 19.1 Å². The maximum atomic E-state index is 4.49. The molecule has 0 spiro atoms. The van der Waals surface area contributed by atoms with Crippen LogP contribution in [0.25, 0.3) is 0 Å². The van der Waals surface area contributed by atoms with Crippen LogP contribution in [0.4, 0.5) is 0 Å². The van der Waals surface area contributed by atoms with E-state index in [0.717, 1.165) is 5.56 Å². The fraction of sp³-hybridized carbons (Fsp3) is 0.429. The molecule has 58 valence electrons. The summed E-state index contributed by atoms with van der Waals surface area (Å²) in [5, 5.41) is 6.36. The van der Waals surface area contributed by atoms with Crippen molar-refractivity contribution >= 4 is 17.4 Å². The molecule has 0 fully saturated rings. The molecular formula is C7H9N3S. The summed E-state index contributed by atoms with van der Waals surface area (Å²) in [5.41, 5.74) is 1.06. The van der Waals surface area contributed by atoms with Gasteiger partial charge in [0.25, 0.3) is 0 Å². The van der Waals surface area contributed by atoms with E-state index in [4.69, 9.17) is 0 Å². The minimum atomic E-state index is 0.0706. The molecule has 3 nitrogen and oxygen atoms in total. The van der Waals surface area contributed by atoms with Crippen LogP contribution in [0.15, 0.2) is 17.4 Å². The lowest BCUT2D eigenvalue weighted by Gasteiger charge is -1.96. The highest BCUT2D eigenvalue weighted by atomic mass is 32.1. The van der Waals surface area contributed by atoms with Gasteiger partial charge in [0.1, 0.15) is 0 Å². The third-order valence-electron chi connectivity index (χ3n) is 1.45. The van der Waals surface area contributed by atoms with Crippen LogP contribution in [0.2, 0.25) is 0 Å². The van der Waals surface area contributed by atoms with Crippen LogP contribution in [-0.4, -0.2) is 14.9 Å². The number of aliphatic imine (C=N–C) groups is 1. The summed E-state index contributed by atoms with van der Waals surface area (Å²) < 4.78 is 1.74. The number of aryl methyl sites for hydroxylation is 1. The Morgan fingerprint density at radius 2 is 2.55 bits per heavy atom. The molecule has 1 aromatic heterocycles. The first-order valence-electron chi connectivity index (χ1n) is 3.29. The van der Waals surface area contributed by atoms with Crippen LogP contribution < -0.4 is 0 Å². The molecule has 0 saturated heterocycles. The Labute approximate surface area is 70.8 Å². The average Bonchev–Trinajstić information content (AvgIpc) is 2.36. The van der Waals surface area contributed by atoms with Crippen LogP contribution in [0.1, 0.15) is 18.5 Å². The highest BCUT2D eigenvalue weighted by Gasteiger charge is 2.03. The molecule has 0 aliphatic rings. The van der Waals surface area contributed by atoms with Crippen molar-refractivity contribution in [2.24, 2.45) is 12.0 Å². The highest BCUT2D eigenvalue weighted by Crippen LogP contribution is 2.13. The highest BCUT2D eigenvalue weighted by molar-refractivity contribution is 7.78. The van der Waals surface area contributed by atoms with Crippen LogP contribution in [0, 0.1) is 0 Å². The minimum absolute atomic E-state index is 0.0706. The van der Waals surface area contributed by atoms with Crippen molar-refractivity contribution in [3.63, 3.8) is 0 Å². The van der Waals surface area contributed by atoms with E-state index >= 15 is 0 Å². The van der Waals surface area contributed by atoms with E-state index in [0.29, 0.717) is 0 Å². The van der Waals surface area contributed by atoms with Crippen LogP contribution >= 0.6 is 12.2 Å². The largest absolute Gasteiger partial charge is 0.275 e. The van der Waals surface area contributed by atoms with E-state index in [9.17, 15) is 0 Å². The molecule has 4 heteroatoms. The Morgan fingerprint density at radius 3 is 3.00 bits per heavy atom. The third-order valence-corrected chi connectivity index (χ3v) is 1.56. The molecular weight excluding hydrogens is 158 g/mol. The number of rotatable bonds is 2. The number of isothiocyanates is 1. The first kappa shape index (κ1) is 8.11. The fourth-order valence-electron chi connectivity index (χ4n) is 0.809. The van der Waals surface area contributed by atoms with Crippen molar-refractivity contribution in [3.05, 3.63) is 18.0 Å². The summed E-state index contributed by atoms with van der Waals surface area (Å²) in [7, 11) is 1.87. The van der Waals surface area contributed by atoms with E-state index in [1.165, 1.54) is 0 Å². The van der Waals surface area contributed by atoms with Crippen LogP contribution in [-0.2, 0) is 7.05 Å². The Bertz CT molecular complexity index is 286. The number of thiocarbonyl (C=S) groups is 1. The Morgan fingerprint density at radius 1 is 1.82 bits per heavy atom. The van der Waals surface area contributed by atoms with Gasteiger partial charge >= 0.3 is 0 Å². The van der Waals surface area contributed by atoms with Crippen LogP contribution in [0.5, 0.6) is 0 Å². The normalized spacial score (nSPS) is 12.2. The molecule has 1 rings (SSSR count). The van der Waals surface area contributed by atoms with E-state index in [2.05, 4.69) is 27.5 Å². The molecule has 0 unspecified atom stereocenters. The molecule has 1 heterocycles. The summed E-state index contributed by atoms with van der Waals surface area (Å²) in [5.74, 6) is 0. The third kappa shape index (κ3) is 1.97. The van der Waals surface area contributed by atoms with Crippen molar-refractivity contribution in [3.8, 4) is 0 Å². The quantitative estimate of drug-likeness (QED) is 0.494. The van der Waals surface area contributed by atoms with Gasteiger partial charge in [-0.15, -0.1) is 0 Å². The zero-order chi connectivity index (χ0) is 8.27. The van der Waals surface area contributed by atoms with Crippen molar-refractivity contribution in [2.75, 3.05) is 0 Å². The molecule has 0 N–H and O–H groups in total. The molecule has 0 bridgehead atoms. The van der Waals surface area contributed by atoms with E-state index < -0.39 is 0 Å². The zero-order valence-electron chi connectivity index (χ0n) is 6.48. The predicted octanol–water partition coefficient (Wildman–Crippen LogP) is 1.58. The Hall–Kier alpha value is -0.990. The molecule has 0 amide bonds. The summed E-state index contributed by atoms with van der Waals surface area (Å²) in [6.45, 7) is 1.95. The summed E-state index contributed by atoms with van der Waals surface area (Å²) in [4.78, 5) is 3.92. The Balaban J connectivity index is 2.84. The van der Waals surface area contributed by atoms with Gasteiger partial charge in [0.15, 0.2) is 0 Å². The lowest BCUT2D eigenvalue weighted by Crippen LogP contribution is -1.87. The van der Waals surface area contributed by atoms with Gasteiger partial charge in [0, 0.05) is 18.8 Å². The topological polar surface area (TPSA) is 30.2 Å². The molecule has 1 aromatic rings. The lowest BCUT2D eigenvalue weighted by atomic mass is 10.2. The van der Waals surface area contributed by atoms with Gasteiger partial charge in [-0.1, -0.05) is 0 Å². The maximum Gasteiger partial charge on any atom is 0.0854 e. The molecule has 0 radical (unpaired) electrons. The molecule has 0 aliphatic heterocycles. The van der Waals surface area contributed by atoms with E-state index in [1.54, 1.807) is 10.9 Å². The fourth-order valence-corrected chi connectivity index (χ4v) is 0.968. The van der Waals surface area contributed by atoms with Crippen molar-refractivity contribution in [2.45, 2.75) is 13.0 Å². The van der Waals surface area contributed by atoms with Crippen LogP contribution in [0.3, 0.4) is 0 Å². The lowest BCUT2D eigenvalue weighted by molar-refractivity contribution is 0.763. The van der Waals surface area contributed by atoms with E-state index in [1.807, 2.05) is 20.2 Å². The Kier molecular flexibility index (Phi) is 2.52. The van der Waals surface area contributed by atoms with Gasteiger partial charge in [0.05, 0.1) is 17.4 Å². The monoisotopic (exact) mass is 167 g/mol. The van der Waals surface area contributed by atoms with Gasteiger partial charge in [-0.2, -0.15) is 5.10 Å². The van der Waals surface area contributed by atoms with Gasteiger partial charge in [-0.25, -0.2) is 4.99 Å². The second-order valence-electron chi connectivity index (χ2n) is 2.34. The smallest absolute Gasteiger partial charge is 0.0854 e. The molecule has 0 saturated carbocycles. The number of hydrogen-bond donors (Lipinski definition) is 0. The maximum absolute atomic E-state index is 4.49. The SMILES string of the molecule is C[C@H](N=C=S)c1cnn(C)c1. The van der Waals surface area contributed by atoms with Gasteiger partial charge in [-0.3, -0.25) is 4.68 Å². The summed E-state index contributed by atoms with van der Waals surface area (Å²) in [6.07, 6.45) is 3.70. The van der Waals surface area contributed by atoms with Crippen molar-refractivity contribution in [1.29, 1.82) is 0 Å². The molecule has 0 aromatic carbocycles. The first-order valence-corrected chi connectivity index (χ1v) is 3.70. The molecule has 0 aliphatic carbocycles. The standard InChI is InChI=1S/C7H9N3S/c1-6(8-5-11)7-3-9-10(2)4-7/h3-4,6H,1-2H3/t6-/m0/s1. The minimum Gasteiger partial charge on any atom is -0.275 e. The van der Waals surface area contributed by atoms with E-state index in [-0.39, 0.29) is 6.04 Å². The molecule has 1 atom stereocenters. The zero-order valence-corrected chi connectivity index (χ0v) is 7.30.